The van der Waals surface area contributed by atoms with E-state index in [0.29, 0.717) is 24.7 Å². The third kappa shape index (κ3) is 5.96. The summed E-state index contributed by atoms with van der Waals surface area (Å²) in [4.78, 5) is 19.2. The molecule has 2 aliphatic rings. The summed E-state index contributed by atoms with van der Waals surface area (Å²) in [6, 6.07) is 15.0. The summed E-state index contributed by atoms with van der Waals surface area (Å²) in [5, 5.41) is 0. The van der Waals surface area contributed by atoms with E-state index < -0.39 is 13.4 Å². The van der Waals surface area contributed by atoms with E-state index in [1.54, 1.807) is 7.11 Å². The standard InChI is InChI=1S/C24H32NO5PS/c1-29-22-4-2-3-5-23(22)32-15-17-6-7-19-13-20(9-8-18(19)12-17)21-10-11-24(25,14-21)16-30-31(26,27)28/h2-5,8-9,13,17,21H,6-7,10-12,14-16,25H2,1H3,(H2,26,27,28)/t17-,21+,24-/m1/s1. The number of benzene rings is 2. The SMILES string of the molecule is COc1ccccc1SC[C@@H]1CCc2cc([C@H]3CC[C@](N)(COP(=O)(O)O)C3)ccc2C1. The largest absolute Gasteiger partial charge is 0.496 e. The maximum Gasteiger partial charge on any atom is 0.469 e. The van der Waals surface area contributed by atoms with E-state index in [9.17, 15) is 4.57 Å². The summed E-state index contributed by atoms with van der Waals surface area (Å²) < 4.78 is 21.2. The van der Waals surface area contributed by atoms with E-state index in [0.717, 1.165) is 30.8 Å². The summed E-state index contributed by atoms with van der Waals surface area (Å²) in [5.41, 5.74) is 9.85. The van der Waals surface area contributed by atoms with Gasteiger partial charge in [0.05, 0.1) is 13.7 Å². The van der Waals surface area contributed by atoms with Crippen molar-refractivity contribution in [2.24, 2.45) is 11.7 Å². The quantitative estimate of drug-likeness (QED) is 0.375. The zero-order valence-electron chi connectivity index (χ0n) is 18.4. The van der Waals surface area contributed by atoms with Gasteiger partial charge in [0.1, 0.15) is 5.75 Å². The molecule has 32 heavy (non-hydrogen) atoms. The molecule has 3 atom stereocenters. The number of rotatable bonds is 8. The number of phosphoric acid groups is 1. The second kappa shape index (κ2) is 9.88. The van der Waals surface area contributed by atoms with Gasteiger partial charge in [-0.05, 0) is 79.2 Å². The first kappa shape index (κ1) is 23.8. The van der Waals surface area contributed by atoms with Crippen LogP contribution in [0.2, 0.25) is 0 Å². The summed E-state index contributed by atoms with van der Waals surface area (Å²) in [7, 11) is -2.77. The van der Waals surface area contributed by atoms with Crippen LogP contribution in [-0.2, 0) is 21.9 Å². The van der Waals surface area contributed by atoms with E-state index >= 15 is 0 Å². The van der Waals surface area contributed by atoms with Crippen molar-refractivity contribution in [3.05, 3.63) is 59.2 Å². The lowest BCUT2D eigenvalue weighted by Crippen LogP contribution is -2.41. The Hall–Kier alpha value is -1.34. The number of hydrogen-bond donors (Lipinski definition) is 3. The van der Waals surface area contributed by atoms with Gasteiger partial charge in [-0.3, -0.25) is 4.52 Å². The molecule has 174 valence electrons. The fourth-order valence-electron chi connectivity index (χ4n) is 4.98. The summed E-state index contributed by atoms with van der Waals surface area (Å²) >= 11 is 1.88. The lowest BCUT2D eigenvalue weighted by atomic mass is 9.82. The average molecular weight is 478 g/mol. The first-order valence-corrected chi connectivity index (χ1v) is 13.6. The van der Waals surface area contributed by atoms with Gasteiger partial charge >= 0.3 is 7.82 Å². The Morgan fingerprint density at radius 2 is 2.00 bits per heavy atom. The highest BCUT2D eigenvalue weighted by Crippen LogP contribution is 2.44. The highest BCUT2D eigenvalue weighted by Gasteiger charge is 2.38. The second-order valence-corrected chi connectivity index (χ2v) is 11.5. The van der Waals surface area contributed by atoms with Crippen LogP contribution in [0.3, 0.4) is 0 Å². The third-order valence-corrected chi connectivity index (χ3v) is 8.49. The fourth-order valence-corrected chi connectivity index (χ4v) is 6.57. The molecule has 0 aliphatic heterocycles. The van der Waals surface area contributed by atoms with Crippen LogP contribution in [0.15, 0.2) is 47.4 Å². The molecule has 0 aromatic heterocycles. The maximum absolute atomic E-state index is 11.0. The monoisotopic (exact) mass is 477 g/mol. The molecule has 0 heterocycles. The highest BCUT2D eigenvalue weighted by molar-refractivity contribution is 7.99. The van der Waals surface area contributed by atoms with Gasteiger partial charge in [0.15, 0.2) is 0 Å². The third-order valence-electron chi connectivity index (χ3n) is 6.74. The van der Waals surface area contributed by atoms with Crippen LogP contribution in [0.25, 0.3) is 0 Å². The zero-order valence-corrected chi connectivity index (χ0v) is 20.1. The Kier molecular flexibility index (Phi) is 7.35. The Morgan fingerprint density at radius 3 is 2.78 bits per heavy atom. The first-order valence-electron chi connectivity index (χ1n) is 11.1. The predicted octanol–water partition coefficient (Wildman–Crippen LogP) is 4.67. The first-order chi connectivity index (χ1) is 15.2. The van der Waals surface area contributed by atoms with Crippen molar-refractivity contribution in [1.29, 1.82) is 0 Å². The van der Waals surface area contributed by atoms with Crippen LogP contribution in [0.4, 0.5) is 0 Å². The summed E-state index contributed by atoms with van der Waals surface area (Å²) in [6.45, 7) is -0.107. The Morgan fingerprint density at radius 1 is 1.19 bits per heavy atom. The van der Waals surface area contributed by atoms with Crippen molar-refractivity contribution in [2.75, 3.05) is 19.5 Å². The highest BCUT2D eigenvalue weighted by atomic mass is 32.2. The number of ether oxygens (including phenoxy) is 1. The van der Waals surface area contributed by atoms with Gasteiger partial charge < -0.3 is 20.3 Å². The number of phosphoric ester groups is 1. The number of methoxy groups -OCH3 is 1. The second-order valence-electron chi connectivity index (χ2n) is 9.16. The minimum atomic E-state index is -4.49. The van der Waals surface area contributed by atoms with Crippen LogP contribution in [0.1, 0.15) is 48.3 Å². The summed E-state index contributed by atoms with van der Waals surface area (Å²) in [6.07, 6.45) is 5.67. The number of aryl methyl sites for hydroxylation is 1. The fraction of sp³-hybridized carbons (Fsp3) is 0.500. The number of fused-ring (bicyclic) bond motifs is 1. The summed E-state index contributed by atoms with van der Waals surface area (Å²) in [5.74, 6) is 2.98. The topological polar surface area (TPSA) is 102 Å². The van der Waals surface area contributed by atoms with E-state index in [2.05, 4.69) is 30.3 Å². The smallest absolute Gasteiger partial charge is 0.469 e. The number of thioether (sulfide) groups is 1. The minimum Gasteiger partial charge on any atom is -0.496 e. The molecule has 4 rings (SSSR count). The van der Waals surface area contributed by atoms with Crippen LogP contribution in [0, 0.1) is 5.92 Å². The Bertz CT molecular complexity index is 996. The zero-order chi connectivity index (χ0) is 22.8. The number of para-hydroxylation sites is 1. The lowest BCUT2D eigenvalue weighted by Gasteiger charge is -2.26. The molecule has 0 radical (unpaired) electrons. The molecule has 8 heteroatoms. The van der Waals surface area contributed by atoms with E-state index in [1.807, 2.05) is 23.9 Å². The van der Waals surface area contributed by atoms with Crippen LogP contribution < -0.4 is 10.5 Å². The minimum absolute atomic E-state index is 0.107. The molecule has 0 saturated heterocycles. The van der Waals surface area contributed by atoms with Gasteiger partial charge in [-0.25, -0.2) is 4.57 Å². The van der Waals surface area contributed by atoms with Crippen molar-refractivity contribution in [3.8, 4) is 5.75 Å². The van der Waals surface area contributed by atoms with Gasteiger partial charge in [-0.1, -0.05) is 30.3 Å². The predicted molar refractivity (Wildman–Crippen MR) is 127 cm³/mol. The molecule has 4 N–H and O–H groups in total. The molecule has 1 fully saturated rings. The molecule has 0 unspecified atom stereocenters. The average Bonchev–Trinajstić information content (AvgIpc) is 3.18. The molecule has 0 spiro atoms. The molecule has 2 aromatic carbocycles. The van der Waals surface area contributed by atoms with Crippen molar-refractivity contribution in [3.63, 3.8) is 0 Å². The normalized spacial score (nSPS) is 25.5. The van der Waals surface area contributed by atoms with Gasteiger partial charge in [0, 0.05) is 16.2 Å². The molecule has 6 nitrogen and oxygen atoms in total. The Balaban J connectivity index is 1.35. The number of hydrogen-bond acceptors (Lipinski definition) is 5. The van der Waals surface area contributed by atoms with E-state index in [4.69, 9.17) is 24.8 Å². The molecule has 2 aromatic rings. The van der Waals surface area contributed by atoms with Gasteiger partial charge in [-0.2, -0.15) is 0 Å². The lowest BCUT2D eigenvalue weighted by molar-refractivity contribution is 0.153. The van der Waals surface area contributed by atoms with E-state index in [1.165, 1.54) is 28.0 Å². The van der Waals surface area contributed by atoms with Crippen molar-refractivity contribution in [1.82, 2.24) is 0 Å². The molecular weight excluding hydrogens is 445 g/mol. The molecule has 0 bridgehead atoms. The molecular formula is C24H32NO5PS. The van der Waals surface area contributed by atoms with Crippen molar-refractivity contribution >= 4 is 19.6 Å². The van der Waals surface area contributed by atoms with Gasteiger partial charge in [0.2, 0.25) is 0 Å². The van der Waals surface area contributed by atoms with Gasteiger partial charge in [-0.15, -0.1) is 11.8 Å². The maximum atomic E-state index is 11.0. The van der Waals surface area contributed by atoms with Crippen LogP contribution in [0.5, 0.6) is 5.75 Å². The van der Waals surface area contributed by atoms with Crippen LogP contribution >= 0.6 is 19.6 Å². The van der Waals surface area contributed by atoms with E-state index in [-0.39, 0.29) is 6.61 Å². The van der Waals surface area contributed by atoms with Crippen molar-refractivity contribution in [2.45, 2.75) is 54.9 Å². The van der Waals surface area contributed by atoms with Crippen molar-refractivity contribution < 1.29 is 23.6 Å². The molecule has 0 amide bonds. The Labute approximate surface area is 194 Å². The molecule has 1 saturated carbocycles. The van der Waals surface area contributed by atoms with Gasteiger partial charge in [0.25, 0.3) is 0 Å². The molecule has 2 aliphatic carbocycles. The van der Waals surface area contributed by atoms with Crippen LogP contribution in [-0.4, -0.2) is 34.8 Å². The number of nitrogens with two attached hydrogens (primary N) is 1.